The third kappa shape index (κ3) is 4.15. The lowest BCUT2D eigenvalue weighted by molar-refractivity contribution is -0.0480. The summed E-state index contributed by atoms with van der Waals surface area (Å²) in [5.74, 6) is 7.14. The Morgan fingerprint density at radius 2 is 1.79 bits per heavy atom. The zero-order chi connectivity index (χ0) is 13.5. The maximum absolute atomic E-state index is 6.10. The number of rotatable bonds is 6. The lowest BCUT2D eigenvalue weighted by Gasteiger charge is -2.40. The minimum atomic E-state index is 0.276. The number of hydrazine groups is 1. The number of nitrogens with one attached hydrogen (secondary N) is 1. The first-order chi connectivity index (χ1) is 9.36. The predicted molar refractivity (Wildman–Crippen MR) is 76.6 cm³/mol. The monoisotopic (exact) mass is 270 g/mol. The van der Waals surface area contributed by atoms with Crippen LogP contribution in [0.5, 0.6) is 0 Å². The summed E-state index contributed by atoms with van der Waals surface area (Å²) in [7, 11) is 0. The van der Waals surface area contributed by atoms with Crippen LogP contribution in [0.4, 0.5) is 0 Å². The van der Waals surface area contributed by atoms with E-state index in [4.69, 9.17) is 15.3 Å². The van der Waals surface area contributed by atoms with E-state index in [1.165, 1.54) is 32.1 Å². The van der Waals surface area contributed by atoms with Crippen LogP contribution in [0.2, 0.25) is 0 Å². The molecule has 3 N–H and O–H groups in total. The first kappa shape index (κ1) is 15.2. The van der Waals surface area contributed by atoms with Gasteiger partial charge < -0.3 is 9.47 Å². The second-order valence-electron chi connectivity index (χ2n) is 5.96. The fraction of sp³-hybridized carbons (Fsp3) is 1.00. The van der Waals surface area contributed by atoms with E-state index in [9.17, 15) is 0 Å². The summed E-state index contributed by atoms with van der Waals surface area (Å²) in [6, 6.07) is 0.284. The molecule has 2 atom stereocenters. The van der Waals surface area contributed by atoms with Gasteiger partial charge in [0.25, 0.3) is 0 Å². The summed E-state index contributed by atoms with van der Waals surface area (Å²) < 4.78 is 11.6. The molecule has 1 saturated heterocycles. The van der Waals surface area contributed by atoms with Gasteiger partial charge in [0.1, 0.15) is 0 Å². The van der Waals surface area contributed by atoms with Crippen molar-refractivity contribution in [3.05, 3.63) is 0 Å². The molecule has 0 amide bonds. The van der Waals surface area contributed by atoms with Crippen LogP contribution in [0.3, 0.4) is 0 Å². The smallest absolute Gasteiger partial charge is 0.0772 e. The highest BCUT2D eigenvalue weighted by Crippen LogP contribution is 2.33. The summed E-state index contributed by atoms with van der Waals surface area (Å²) in [5.41, 5.74) is 3.07. The molecule has 4 nitrogen and oxygen atoms in total. The molecule has 2 rings (SSSR count). The fourth-order valence-electron chi connectivity index (χ4n) is 3.76. The third-order valence-corrected chi connectivity index (χ3v) is 4.79. The Morgan fingerprint density at radius 3 is 2.37 bits per heavy atom. The van der Waals surface area contributed by atoms with Gasteiger partial charge >= 0.3 is 0 Å². The highest BCUT2D eigenvalue weighted by molar-refractivity contribution is 4.89. The van der Waals surface area contributed by atoms with Gasteiger partial charge in [-0.3, -0.25) is 11.3 Å². The van der Waals surface area contributed by atoms with Crippen molar-refractivity contribution in [2.45, 2.75) is 64.0 Å². The van der Waals surface area contributed by atoms with Gasteiger partial charge in [-0.1, -0.05) is 19.3 Å². The Morgan fingerprint density at radius 1 is 1.11 bits per heavy atom. The SMILES string of the molecule is CCOC(C1CCCCC1)C(NN)C1CCOCC1. The topological polar surface area (TPSA) is 56.5 Å². The van der Waals surface area contributed by atoms with Crippen LogP contribution in [-0.4, -0.2) is 32.0 Å². The van der Waals surface area contributed by atoms with Gasteiger partial charge in [-0.15, -0.1) is 0 Å². The van der Waals surface area contributed by atoms with Gasteiger partial charge in [0.05, 0.1) is 12.1 Å². The molecule has 1 aliphatic carbocycles. The van der Waals surface area contributed by atoms with Gasteiger partial charge in [-0.25, -0.2) is 0 Å². The molecule has 4 heteroatoms. The molecule has 1 saturated carbocycles. The minimum Gasteiger partial charge on any atom is -0.381 e. The summed E-state index contributed by atoms with van der Waals surface area (Å²) >= 11 is 0. The standard InChI is InChI=1S/C15H30N2O2/c1-2-19-15(13-6-4-3-5-7-13)14(17-16)12-8-10-18-11-9-12/h12-15,17H,2-11,16H2,1H3. The highest BCUT2D eigenvalue weighted by atomic mass is 16.5. The second-order valence-corrected chi connectivity index (χ2v) is 5.96. The van der Waals surface area contributed by atoms with Crippen LogP contribution in [-0.2, 0) is 9.47 Å². The normalized spacial score (nSPS) is 26.2. The molecule has 0 aromatic rings. The van der Waals surface area contributed by atoms with Crippen molar-refractivity contribution in [3.8, 4) is 0 Å². The molecular weight excluding hydrogens is 240 g/mol. The fourth-order valence-corrected chi connectivity index (χ4v) is 3.76. The lowest BCUT2D eigenvalue weighted by Crippen LogP contribution is -2.54. The van der Waals surface area contributed by atoms with Crippen LogP contribution in [0.15, 0.2) is 0 Å². The Balaban J connectivity index is 2.00. The Labute approximate surface area is 117 Å². The van der Waals surface area contributed by atoms with Crippen molar-refractivity contribution in [3.63, 3.8) is 0 Å². The number of ether oxygens (including phenoxy) is 2. The third-order valence-electron chi connectivity index (χ3n) is 4.79. The van der Waals surface area contributed by atoms with E-state index >= 15 is 0 Å². The minimum absolute atomic E-state index is 0.276. The Hall–Kier alpha value is -0.160. The molecule has 1 heterocycles. The van der Waals surface area contributed by atoms with Crippen LogP contribution in [0.1, 0.15) is 51.9 Å². The van der Waals surface area contributed by atoms with Gasteiger partial charge in [0, 0.05) is 19.8 Å². The second kappa shape index (κ2) is 8.20. The Kier molecular flexibility index (Phi) is 6.57. The zero-order valence-corrected chi connectivity index (χ0v) is 12.3. The average molecular weight is 270 g/mol. The van der Waals surface area contributed by atoms with Gasteiger partial charge in [0.2, 0.25) is 0 Å². The van der Waals surface area contributed by atoms with Crippen LogP contribution < -0.4 is 11.3 Å². The molecule has 0 spiro atoms. The highest BCUT2D eigenvalue weighted by Gasteiger charge is 2.36. The quantitative estimate of drug-likeness (QED) is 0.574. The van der Waals surface area contributed by atoms with Crippen molar-refractivity contribution in [2.24, 2.45) is 17.7 Å². The van der Waals surface area contributed by atoms with E-state index in [0.29, 0.717) is 11.8 Å². The van der Waals surface area contributed by atoms with Crippen molar-refractivity contribution in [1.82, 2.24) is 5.43 Å². The van der Waals surface area contributed by atoms with E-state index in [1.807, 2.05) is 0 Å². The zero-order valence-electron chi connectivity index (χ0n) is 12.3. The van der Waals surface area contributed by atoms with Crippen LogP contribution in [0.25, 0.3) is 0 Å². The molecule has 2 fully saturated rings. The molecule has 0 bridgehead atoms. The first-order valence-electron chi connectivity index (χ1n) is 8.02. The molecular formula is C15H30N2O2. The van der Waals surface area contributed by atoms with E-state index < -0.39 is 0 Å². The summed E-state index contributed by atoms with van der Waals surface area (Å²) in [6.45, 7) is 4.61. The number of nitrogens with two attached hydrogens (primary N) is 1. The number of hydrogen-bond acceptors (Lipinski definition) is 4. The summed E-state index contributed by atoms with van der Waals surface area (Å²) in [5, 5.41) is 0. The largest absolute Gasteiger partial charge is 0.381 e. The van der Waals surface area contributed by atoms with E-state index in [-0.39, 0.29) is 12.1 Å². The van der Waals surface area contributed by atoms with Gasteiger partial charge in [-0.2, -0.15) is 0 Å². The molecule has 0 radical (unpaired) electrons. The lowest BCUT2D eigenvalue weighted by atomic mass is 9.77. The van der Waals surface area contributed by atoms with Crippen molar-refractivity contribution < 1.29 is 9.47 Å². The van der Waals surface area contributed by atoms with E-state index in [0.717, 1.165) is 32.7 Å². The van der Waals surface area contributed by atoms with Crippen molar-refractivity contribution in [2.75, 3.05) is 19.8 Å². The predicted octanol–water partition coefficient (Wildman–Crippen LogP) is 2.23. The van der Waals surface area contributed by atoms with E-state index in [1.54, 1.807) is 0 Å². The molecule has 19 heavy (non-hydrogen) atoms. The first-order valence-corrected chi connectivity index (χ1v) is 8.02. The van der Waals surface area contributed by atoms with Gasteiger partial charge in [0.15, 0.2) is 0 Å². The molecule has 0 aromatic carbocycles. The van der Waals surface area contributed by atoms with Crippen LogP contribution >= 0.6 is 0 Å². The average Bonchev–Trinajstić information content (AvgIpc) is 2.49. The maximum Gasteiger partial charge on any atom is 0.0772 e. The summed E-state index contributed by atoms with van der Waals surface area (Å²) in [6.07, 6.45) is 9.15. The molecule has 1 aliphatic heterocycles. The van der Waals surface area contributed by atoms with E-state index in [2.05, 4.69) is 12.3 Å². The van der Waals surface area contributed by atoms with Crippen LogP contribution in [0, 0.1) is 11.8 Å². The van der Waals surface area contributed by atoms with Gasteiger partial charge in [-0.05, 0) is 44.4 Å². The molecule has 112 valence electrons. The Bertz CT molecular complexity index is 238. The maximum atomic E-state index is 6.10. The van der Waals surface area contributed by atoms with Crippen molar-refractivity contribution >= 4 is 0 Å². The molecule has 2 aliphatic rings. The number of hydrogen-bond donors (Lipinski definition) is 2. The van der Waals surface area contributed by atoms with Crippen molar-refractivity contribution in [1.29, 1.82) is 0 Å². The molecule has 0 aromatic heterocycles. The molecule has 2 unspecified atom stereocenters. The summed E-state index contributed by atoms with van der Waals surface area (Å²) in [4.78, 5) is 0.